The molecule has 29 heavy (non-hydrogen) atoms. The topological polar surface area (TPSA) is 54.0 Å². The lowest BCUT2D eigenvalue weighted by atomic mass is 10.0. The monoisotopic (exact) mass is 401 g/mol. The van der Waals surface area contributed by atoms with Gasteiger partial charge in [-0.15, -0.1) is 0 Å². The molecule has 1 saturated heterocycles. The van der Waals surface area contributed by atoms with E-state index in [9.17, 15) is 9.18 Å². The summed E-state index contributed by atoms with van der Waals surface area (Å²) in [5.41, 5.74) is 2.25. The fourth-order valence-corrected chi connectivity index (χ4v) is 3.31. The highest BCUT2D eigenvalue weighted by Gasteiger charge is 2.23. The highest BCUT2D eigenvalue weighted by molar-refractivity contribution is 5.77. The second kappa shape index (κ2) is 10.2. The molecular formula is C22H28FN3O3. The minimum Gasteiger partial charge on any atom is -0.481 e. The summed E-state index contributed by atoms with van der Waals surface area (Å²) in [6.45, 7) is 3.19. The van der Waals surface area contributed by atoms with Gasteiger partial charge in [0.2, 0.25) is 0 Å². The van der Waals surface area contributed by atoms with Crippen molar-refractivity contribution in [3.8, 4) is 5.75 Å². The van der Waals surface area contributed by atoms with Crippen molar-refractivity contribution in [1.82, 2.24) is 10.2 Å². The van der Waals surface area contributed by atoms with Crippen molar-refractivity contribution in [2.24, 2.45) is 0 Å². The minimum atomic E-state index is -0.479. The number of hydrogen-bond acceptors (Lipinski definition) is 5. The zero-order valence-electron chi connectivity index (χ0n) is 16.9. The summed E-state index contributed by atoms with van der Waals surface area (Å²) in [5, 5.41) is 2.93. The van der Waals surface area contributed by atoms with Gasteiger partial charge in [-0.05, 0) is 29.8 Å². The van der Waals surface area contributed by atoms with Gasteiger partial charge in [0.1, 0.15) is 0 Å². The van der Waals surface area contributed by atoms with Crippen LogP contribution in [0.4, 0.5) is 10.1 Å². The molecule has 3 rings (SSSR count). The normalized spacial score (nSPS) is 15.6. The van der Waals surface area contributed by atoms with Crippen LogP contribution in [0.1, 0.15) is 11.6 Å². The first-order valence-corrected chi connectivity index (χ1v) is 9.77. The van der Waals surface area contributed by atoms with Gasteiger partial charge in [-0.2, -0.15) is 0 Å². The Morgan fingerprint density at radius 2 is 1.86 bits per heavy atom. The quantitative estimate of drug-likeness (QED) is 0.737. The van der Waals surface area contributed by atoms with Crippen molar-refractivity contribution in [3.05, 3.63) is 59.9 Å². The second-order valence-electron chi connectivity index (χ2n) is 7.17. The van der Waals surface area contributed by atoms with E-state index < -0.39 is 5.82 Å². The number of anilines is 1. The van der Waals surface area contributed by atoms with Gasteiger partial charge in [0.05, 0.1) is 19.3 Å². The molecule has 1 heterocycles. The molecule has 2 aromatic carbocycles. The number of nitrogens with zero attached hydrogens (tertiary/aromatic N) is 2. The summed E-state index contributed by atoms with van der Waals surface area (Å²) < 4.78 is 24.4. The molecule has 1 aliphatic heterocycles. The first-order valence-electron chi connectivity index (χ1n) is 9.77. The Morgan fingerprint density at radius 1 is 1.17 bits per heavy atom. The Bertz CT molecular complexity index is 792. The van der Waals surface area contributed by atoms with E-state index in [4.69, 9.17) is 9.47 Å². The summed E-state index contributed by atoms with van der Waals surface area (Å²) >= 11 is 0. The van der Waals surface area contributed by atoms with Crippen LogP contribution < -0.4 is 15.0 Å². The Kier molecular flexibility index (Phi) is 7.43. The number of benzene rings is 2. The average Bonchev–Trinajstić information content (AvgIpc) is 2.74. The summed E-state index contributed by atoms with van der Waals surface area (Å²) in [6.07, 6.45) is 0. The molecule has 0 aliphatic carbocycles. The number of morpholine rings is 1. The van der Waals surface area contributed by atoms with E-state index in [0.29, 0.717) is 19.8 Å². The van der Waals surface area contributed by atoms with E-state index in [1.165, 1.54) is 12.1 Å². The van der Waals surface area contributed by atoms with Crippen LogP contribution in [-0.4, -0.2) is 64.4 Å². The van der Waals surface area contributed by atoms with Crippen LogP contribution in [0, 0.1) is 5.82 Å². The van der Waals surface area contributed by atoms with E-state index in [-0.39, 0.29) is 24.3 Å². The third kappa shape index (κ3) is 5.92. The molecule has 2 aromatic rings. The lowest BCUT2D eigenvalue weighted by Crippen LogP contribution is -2.44. The van der Waals surface area contributed by atoms with Crippen molar-refractivity contribution in [1.29, 1.82) is 0 Å². The lowest BCUT2D eigenvalue weighted by molar-refractivity contribution is -0.123. The van der Waals surface area contributed by atoms with E-state index in [1.54, 1.807) is 12.1 Å². The number of nitrogens with one attached hydrogen (secondary N) is 1. The van der Waals surface area contributed by atoms with Gasteiger partial charge in [-0.3, -0.25) is 9.69 Å². The molecule has 7 heteroatoms. The first kappa shape index (κ1) is 21.1. The molecule has 1 amide bonds. The van der Waals surface area contributed by atoms with E-state index in [2.05, 4.69) is 39.4 Å². The fourth-order valence-electron chi connectivity index (χ4n) is 3.31. The summed E-state index contributed by atoms with van der Waals surface area (Å²) in [4.78, 5) is 16.6. The number of amides is 1. The maximum absolute atomic E-state index is 13.6. The van der Waals surface area contributed by atoms with Crippen molar-refractivity contribution in [2.75, 3.05) is 58.5 Å². The van der Waals surface area contributed by atoms with E-state index >= 15 is 0 Å². The van der Waals surface area contributed by atoms with Crippen molar-refractivity contribution < 1.29 is 18.7 Å². The van der Waals surface area contributed by atoms with Gasteiger partial charge in [-0.1, -0.05) is 24.3 Å². The largest absolute Gasteiger partial charge is 0.481 e. The molecule has 1 atom stereocenters. The molecule has 0 aromatic heterocycles. The molecular weight excluding hydrogens is 373 g/mol. The number of hydrogen-bond donors (Lipinski definition) is 1. The molecule has 0 saturated carbocycles. The molecule has 0 spiro atoms. The number of ether oxygens (including phenoxy) is 2. The maximum Gasteiger partial charge on any atom is 0.258 e. The van der Waals surface area contributed by atoms with Gasteiger partial charge in [0, 0.05) is 39.4 Å². The van der Waals surface area contributed by atoms with Crippen molar-refractivity contribution in [3.63, 3.8) is 0 Å². The Balaban J connectivity index is 1.62. The SMILES string of the molecule is CN(C)c1ccc(C(CNC(=O)COc2ccccc2F)N2CCOCC2)cc1. The standard InChI is InChI=1S/C22H28FN3O3/c1-25(2)18-9-7-17(8-10-18)20(26-11-13-28-14-12-26)15-24-22(27)16-29-21-6-4-3-5-19(21)23/h3-10,20H,11-16H2,1-2H3,(H,24,27). The van der Waals surface area contributed by atoms with Crippen LogP contribution in [0.15, 0.2) is 48.5 Å². The smallest absolute Gasteiger partial charge is 0.258 e. The Morgan fingerprint density at radius 3 is 2.52 bits per heavy atom. The number of halogens is 1. The van der Waals surface area contributed by atoms with Crippen LogP contribution in [0.2, 0.25) is 0 Å². The minimum absolute atomic E-state index is 0.0347. The molecule has 0 bridgehead atoms. The fraction of sp³-hybridized carbons (Fsp3) is 0.409. The number of rotatable bonds is 8. The van der Waals surface area contributed by atoms with Crippen LogP contribution in [-0.2, 0) is 9.53 Å². The molecule has 6 nitrogen and oxygen atoms in total. The van der Waals surface area contributed by atoms with Crippen LogP contribution in [0.3, 0.4) is 0 Å². The Hall–Kier alpha value is -2.64. The van der Waals surface area contributed by atoms with Gasteiger partial charge in [-0.25, -0.2) is 4.39 Å². The Labute approximate surface area is 171 Å². The second-order valence-corrected chi connectivity index (χ2v) is 7.17. The van der Waals surface area contributed by atoms with Gasteiger partial charge >= 0.3 is 0 Å². The predicted molar refractivity (Wildman–Crippen MR) is 111 cm³/mol. The van der Waals surface area contributed by atoms with Gasteiger partial charge in [0.15, 0.2) is 18.2 Å². The molecule has 1 aliphatic rings. The third-order valence-corrected chi connectivity index (χ3v) is 4.97. The van der Waals surface area contributed by atoms with Crippen LogP contribution in [0.5, 0.6) is 5.75 Å². The predicted octanol–water partition coefficient (Wildman–Crippen LogP) is 2.46. The highest BCUT2D eigenvalue weighted by atomic mass is 19.1. The number of carbonyl (C=O) groups excluding carboxylic acids is 1. The molecule has 1 unspecified atom stereocenters. The average molecular weight is 401 g/mol. The zero-order valence-corrected chi connectivity index (χ0v) is 16.9. The van der Waals surface area contributed by atoms with E-state index in [0.717, 1.165) is 24.3 Å². The third-order valence-electron chi connectivity index (χ3n) is 4.97. The van der Waals surface area contributed by atoms with Crippen LogP contribution >= 0.6 is 0 Å². The van der Waals surface area contributed by atoms with Crippen LogP contribution in [0.25, 0.3) is 0 Å². The zero-order chi connectivity index (χ0) is 20.6. The molecule has 156 valence electrons. The summed E-state index contributed by atoms with van der Waals surface area (Å²) in [5.74, 6) is -0.685. The summed E-state index contributed by atoms with van der Waals surface area (Å²) in [6, 6.07) is 14.4. The first-order chi connectivity index (χ1) is 14.0. The maximum atomic E-state index is 13.6. The van der Waals surface area contributed by atoms with Gasteiger partial charge < -0.3 is 19.7 Å². The lowest BCUT2D eigenvalue weighted by Gasteiger charge is -2.35. The van der Waals surface area contributed by atoms with Crippen molar-refractivity contribution in [2.45, 2.75) is 6.04 Å². The van der Waals surface area contributed by atoms with Crippen molar-refractivity contribution >= 4 is 11.6 Å². The molecule has 1 N–H and O–H groups in total. The molecule has 0 radical (unpaired) electrons. The number of para-hydroxylation sites is 1. The highest BCUT2D eigenvalue weighted by Crippen LogP contribution is 2.24. The van der Waals surface area contributed by atoms with E-state index in [1.807, 2.05) is 14.1 Å². The van der Waals surface area contributed by atoms with Gasteiger partial charge in [0.25, 0.3) is 5.91 Å². The number of carbonyl (C=O) groups is 1. The molecule has 1 fully saturated rings. The summed E-state index contributed by atoms with van der Waals surface area (Å²) in [7, 11) is 4.01.